The molecular formula is C29H35F3O3S. The molecule has 4 rings (SSSR count). The number of carbonyl (C=O) groups is 2. The first-order valence-corrected chi connectivity index (χ1v) is 14.0. The first kappa shape index (κ1) is 26.9. The second-order valence-electron chi connectivity index (χ2n) is 10.6. The number of halogens is 3. The van der Waals surface area contributed by atoms with E-state index in [0.29, 0.717) is 17.9 Å². The Balaban J connectivity index is 1.17. The van der Waals surface area contributed by atoms with Crippen molar-refractivity contribution in [1.82, 2.24) is 0 Å². The molecule has 0 N–H and O–H groups in total. The lowest BCUT2D eigenvalue weighted by atomic mass is 9.77. The van der Waals surface area contributed by atoms with E-state index in [1.807, 2.05) is 11.3 Å². The maximum absolute atomic E-state index is 12.9. The van der Waals surface area contributed by atoms with Crippen molar-refractivity contribution in [1.29, 1.82) is 0 Å². The minimum absolute atomic E-state index is 0.000666. The number of hydrogen-bond acceptors (Lipinski definition) is 4. The molecule has 0 radical (unpaired) electrons. The first-order valence-electron chi connectivity index (χ1n) is 13.1. The van der Waals surface area contributed by atoms with Gasteiger partial charge in [0.1, 0.15) is 11.9 Å². The second-order valence-corrected chi connectivity index (χ2v) is 11.6. The molecule has 2 aliphatic rings. The highest BCUT2D eigenvalue weighted by molar-refractivity contribution is 7.10. The van der Waals surface area contributed by atoms with Gasteiger partial charge in [-0.05, 0) is 72.7 Å². The summed E-state index contributed by atoms with van der Waals surface area (Å²) in [4.78, 5) is 26.3. The molecule has 1 aliphatic carbocycles. The Morgan fingerprint density at radius 3 is 2.25 bits per heavy atom. The molecule has 2 aromatic rings. The SMILES string of the molecule is Cc1csc(CCCC2CCC(CCCC(=O)[C@@H]3CC(=O)O[C@H]3c3ccc(C(F)(F)F)cc3)CC2)c1. The number of cyclic esters (lactones) is 1. The molecule has 1 aromatic heterocycles. The molecule has 0 unspecified atom stereocenters. The van der Waals surface area contributed by atoms with E-state index in [-0.39, 0.29) is 12.2 Å². The fraction of sp³-hybridized carbons (Fsp3) is 0.586. The molecular weight excluding hydrogens is 485 g/mol. The highest BCUT2D eigenvalue weighted by Gasteiger charge is 2.40. The molecule has 2 fully saturated rings. The van der Waals surface area contributed by atoms with Crippen molar-refractivity contribution in [2.24, 2.45) is 17.8 Å². The lowest BCUT2D eigenvalue weighted by Crippen LogP contribution is -2.19. The van der Waals surface area contributed by atoms with Gasteiger partial charge in [0.2, 0.25) is 0 Å². The van der Waals surface area contributed by atoms with Crippen LogP contribution in [0, 0.1) is 24.7 Å². The molecule has 196 valence electrons. The number of Topliss-reactive ketones (excluding diaryl/α,β-unsaturated/α-hetero) is 1. The molecule has 7 heteroatoms. The van der Waals surface area contributed by atoms with Gasteiger partial charge in [0.25, 0.3) is 0 Å². The van der Waals surface area contributed by atoms with E-state index in [9.17, 15) is 22.8 Å². The van der Waals surface area contributed by atoms with Gasteiger partial charge >= 0.3 is 12.1 Å². The van der Waals surface area contributed by atoms with Crippen LogP contribution in [0.2, 0.25) is 0 Å². The quantitative estimate of drug-likeness (QED) is 0.296. The van der Waals surface area contributed by atoms with E-state index in [1.54, 1.807) is 0 Å². The molecule has 3 nitrogen and oxygen atoms in total. The zero-order valence-corrected chi connectivity index (χ0v) is 21.6. The lowest BCUT2D eigenvalue weighted by molar-refractivity contribution is -0.142. The zero-order chi connectivity index (χ0) is 25.7. The summed E-state index contributed by atoms with van der Waals surface area (Å²) in [7, 11) is 0. The smallest absolute Gasteiger partial charge is 0.416 e. The molecule has 1 aromatic carbocycles. The number of thiophene rings is 1. The molecule has 2 atom stereocenters. The van der Waals surface area contributed by atoms with Crippen LogP contribution in [0.5, 0.6) is 0 Å². The molecule has 1 aliphatic heterocycles. The number of aryl methyl sites for hydroxylation is 2. The number of esters is 1. The topological polar surface area (TPSA) is 43.4 Å². The summed E-state index contributed by atoms with van der Waals surface area (Å²) < 4.78 is 43.9. The third-order valence-corrected chi connectivity index (χ3v) is 8.93. The van der Waals surface area contributed by atoms with Crippen LogP contribution in [0.25, 0.3) is 0 Å². The Morgan fingerprint density at radius 2 is 1.67 bits per heavy atom. The summed E-state index contributed by atoms with van der Waals surface area (Å²) in [5.41, 5.74) is 1.04. The monoisotopic (exact) mass is 520 g/mol. The molecule has 1 saturated heterocycles. The summed E-state index contributed by atoms with van der Waals surface area (Å²) in [5.74, 6) is 0.363. The number of ether oxygens (including phenoxy) is 1. The highest BCUT2D eigenvalue weighted by Crippen LogP contribution is 2.39. The van der Waals surface area contributed by atoms with E-state index in [4.69, 9.17) is 4.74 Å². The lowest BCUT2D eigenvalue weighted by Gasteiger charge is -2.28. The predicted molar refractivity (Wildman–Crippen MR) is 135 cm³/mol. The van der Waals surface area contributed by atoms with Crippen LogP contribution in [0.1, 0.15) is 91.9 Å². The van der Waals surface area contributed by atoms with E-state index in [2.05, 4.69) is 18.4 Å². The van der Waals surface area contributed by atoms with Gasteiger partial charge in [-0.25, -0.2) is 0 Å². The van der Waals surface area contributed by atoms with Crippen molar-refractivity contribution in [2.45, 2.75) is 89.8 Å². The molecule has 0 spiro atoms. The van der Waals surface area contributed by atoms with Crippen molar-refractivity contribution in [3.63, 3.8) is 0 Å². The van der Waals surface area contributed by atoms with E-state index in [1.165, 1.54) is 67.5 Å². The number of hydrogen-bond donors (Lipinski definition) is 0. The van der Waals surface area contributed by atoms with Crippen LogP contribution >= 0.6 is 11.3 Å². The minimum Gasteiger partial charge on any atom is -0.457 e. The van der Waals surface area contributed by atoms with Crippen molar-refractivity contribution in [2.75, 3.05) is 0 Å². The third-order valence-electron chi connectivity index (χ3n) is 7.81. The van der Waals surface area contributed by atoms with Gasteiger partial charge in [-0.1, -0.05) is 50.7 Å². The van der Waals surface area contributed by atoms with Crippen LogP contribution < -0.4 is 0 Å². The Bertz CT molecular complexity index is 1020. The van der Waals surface area contributed by atoms with Crippen molar-refractivity contribution >= 4 is 23.1 Å². The molecule has 0 amide bonds. The maximum atomic E-state index is 12.9. The van der Waals surface area contributed by atoms with Gasteiger partial charge < -0.3 is 4.74 Å². The average Bonchev–Trinajstić information content (AvgIpc) is 3.44. The summed E-state index contributed by atoms with van der Waals surface area (Å²) in [6, 6.07) is 6.87. The fourth-order valence-corrected chi connectivity index (χ4v) is 6.67. The van der Waals surface area contributed by atoms with Crippen LogP contribution in [-0.2, 0) is 26.9 Å². The minimum atomic E-state index is -4.43. The number of benzene rings is 1. The largest absolute Gasteiger partial charge is 0.457 e. The number of ketones is 1. The number of carbonyl (C=O) groups excluding carboxylic acids is 2. The van der Waals surface area contributed by atoms with Crippen molar-refractivity contribution < 1.29 is 27.5 Å². The highest BCUT2D eigenvalue weighted by atomic mass is 32.1. The van der Waals surface area contributed by atoms with Gasteiger partial charge in [-0.15, -0.1) is 11.3 Å². The Labute approximate surface area is 215 Å². The van der Waals surface area contributed by atoms with E-state index in [0.717, 1.165) is 30.9 Å². The van der Waals surface area contributed by atoms with Crippen molar-refractivity contribution in [3.8, 4) is 0 Å². The standard InChI is InChI=1S/C29H35F3O3S/c1-19-16-24(36-18-19)6-2-4-20-8-10-21(11-9-20)5-3-7-26(33)25-17-27(34)35-28(25)22-12-14-23(15-13-22)29(30,31)32/h12-16,18,20-21,25,28H,2-11,17H2,1H3/t20?,21?,25-,28-/m0/s1. The van der Waals surface area contributed by atoms with Crippen molar-refractivity contribution in [3.05, 3.63) is 57.3 Å². The fourth-order valence-electron chi connectivity index (χ4n) is 5.75. The first-order chi connectivity index (χ1) is 17.2. The Morgan fingerprint density at radius 1 is 1.03 bits per heavy atom. The average molecular weight is 521 g/mol. The molecule has 36 heavy (non-hydrogen) atoms. The van der Waals surface area contributed by atoms with Gasteiger partial charge in [-0.3, -0.25) is 9.59 Å². The van der Waals surface area contributed by atoms with E-state index >= 15 is 0 Å². The van der Waals surface area contributed by atoms with Gasteiger partial charge in [0, 0.05) is 11.3 Å². The van der Waals surface area contributed by atoms with E-state index < -0.39 is 29.7 Å². The maximum Gasteiger partial charge on any atom is 0.416 e. The Kier molecular flexibility index (Phi) is 8.91. The summed E-state index contributed by atoms with van der Waals surface area (Å²) in [6.45, 7) is 2.15. The van der Waals surface area contributed by atoms with Gasteiger partial charge in [0.15, 0.2) is 0 Å². The Hall–Kier alpha value is -2.15. The number of rotatable bonds is 10. The zero-order valence-electron chi connectivity index (χ0n) is 20.8. The van der Waals surface area contributed by atoms with Gasteiger partial charge in [-0.2, -0.15) is 13.2 Å². The molecule has 1 saturated carbocycles. The van der Waals surface area contributed by atoms with Crippen LogP contribution in [0.4, 0.5) is 13.2 Å². The predicted octanol–water partition coefficient (Wildman–Crippen LogP) is 8.25. The molecule has 2 heterocycles. The molecule has 0 bridgehead atoms. The summed E-state index contributed by atoms with van der Waals surface area (Å²) in [6.07, 6.45) is 5.67. The second kappa shape index (κ2) is 11.9. The summed E-state index contributed by atoms with van der Waals surface area (Å²) in [5, 5.41) is 2.22. The third kappa shape index (κ3) is 7.21. The normalized spacial score (nSPS) is 24.6. The van der Waals surface area contributed by atoms with Crippen LogP contribution in [-0.4, -0.2) is 11.8 Å². The van der Waals surface area contributed by atoms with Crippen LogP contribution in [0.3, 0.4) is 0 Å². The number of alkyl halides is 3. The summed E-state index contributed by atoms with van der Waals surface area (Å²) >= 11 is 1.86. The van der Waals surface area contributed by atoms with Gasteiger partial charge in [0.05, 0.1) is 17.9 Å². The van der Waals surface area contributed by atoms with Crippen LogP contribution in [0.15, 0.2) is 35.7 Å².